The number of rotatable bonds is 4. The first-order valence-electron chi connectivity index (χ1n) is 7.84. The molecule has 3 heterocycles. The number of ether oxygens (including phenoxy) is 1. The lowest BCUT2D eigenvalue weighted by Crippen LogP contribution is -2.37. The average Bonchev–Trinajstić information content (AvgIpc) is 3.10. The standard InChI is InChI=1S/C17H20N4O3/c1-12-16(20-15(22)6-5-14-4-3-9-24-14)13(2)19-17(18-12)21-7-10-23-11-8-21/h3-6,9H,7-8,10-11H2,1-2H3,(H,20,22). The second-order valence-electron chi connectivity index (χ2n) is 5.51. The van der Waals surface area contributed by atoms with E-state index in [9.17, 15) is 4.79 Å². The van der Waals surface area contributed by atoms with Gasteiger partial charge in [0.05, 0.1) is 36.6 Å². The zero-order valence-corrected chi connectivity index (χ0v) is 13.8. The van der Waals surface area contributed by atoms with Crippen LogP contribution in [0.25, 0.3) is 6.08 Å². The van der Waals surface area contributed by atoms with Crippen molar-refractivity contribution >= 4 is 23.6 Å². The van der Waals surface area contributed by atoms with Gasteiger partial charge in [0.2, 0.25) is 11.9 Å². The van der Waals surface area contributed by atoms with Crippen molar-refractivity contribution in [1.82, 2.24) is 9.97 Å². The van der Waals surface area contributed by atoms with Crippen LogP contribution in [0.4, 0.5) is 11.6 Å². The summed E-state index contributed by atoms with van der Waals surface area (Å²) in [6.45, 7) is 6.64. The van der Waals surface area contributed by atoms with Crippen LogP contribution >= 0.6 is 0 Å². The number of nitrogens with zero attached hydrogens (tertiary/aromatic N) is 3. The molecule has 7 nitrogen and oxygen atoms in total. The Morgan fingerprint density at radius 2 is 1.96 bits per heavy atom. The largest absolute Gasteiger partial charge is 0.465 e. The zero-order chi connectivity index (χ0) is 16.9. The molecule has 1 fully saturated rings. The maximum absolute atomic E-state index is 12.1. The van der Waals surface area contributed by atoms with E-state index in [4.69, 9.17) is 9.15 Å². The number of carbonyl (C=O) groups excluding carboxylic acids is 1. The summed E-state index contributed by atoms with van der Waals surface area (Å²) in [6, 6.07) is 3.55. The first-order valence-corrected chi connectivity index (χ1v) is 7.84. The van der Waals surface area contributed by atoms with Gasteiger partial charge in [0, 0.05) is 19.2 Å². The van der Waals surface area contributed by atoms with Gasteiger partial charge in [0.15, 0.2) is 0 Å². The van der Waals surface area contributed by atoms with Gasteiger partial charge in [-0.3, -0.25) is 4.79 Å². The number of aromatic nitrogens is 2. The predicted octanol–water partition coefficient (Wildman–Crippen LogP) is 2.17. The molecule has 1 aliphatic rings. The molecule has 0 atom stereocenters. The molecule has 0 aromatic carbocycles. The number of amides is 1. The smallest absolute Gasteiger partial charge is 0.248 e. The van der Waals surface area contributed by atoms with Gasteiger partial charge in [-0.1, -0.05) is 0 Å². The summed E-state index contributed by atoms with van der Waals surface area (Å²) in [5.41, 5.74) is 2.12. The first-order chi connectivity index (χ1) is 11.6. The molecule has 24 heavy (non-hydrogen) atoms. The lowest BCUT2D eigenvalue weighted by molar-refractivity contribution is -0.111. The van der Waals surface area contributed by atoms with Crippen molar-refractivity contribution in [2.45, 2.75) is 13.8 Å². The van der Waals surface area contributed by atoms with Crippen molar-refractivity contribution < 1.29 is 13.9 Å². The Morgan fingerprint density at radius 1 is 1.25 bits per heavy atom. The van der Waals surface area contributed by atoms with E-state index in [0.29, 0.717) is 30.6 Å². The lowest BCUT2D eigenvalue weighted by atomic mass is 10.2. The van der Waals surface area contributed by atoms with E-state index >= 15 is 0 Å². The van der Waals surface area contributed by atoms with Gasteiger partial charge in [-0.15, -0.1) is 0 Å². The number of furan rings is 1. The molecule has 0 spiro atoms. The number of hydrogen-bond acceptors (Lipinski definition) is 6. The molecular weight excluding hydrogens is 308 g/mol. The van der Waals surface area contributed by atoms with E-state index in [1.807, 2.05) is 13.8 Å². The Bertz CT molecular complexity index is 711. The highest BCUT2D eigenvalue weighted by Crippen LogP contribution is 2.21. The summed E-state index contributed by atoms with van der Waals surface area (Å²) in [4.78, 5) is 23.2. The fourth-order valence-electron chi connectivity index (χ4n) is 2.49. The van der Waals surface area contributed by atoms with Crippen LogP contribution in [0.3, 0.4) is 0 Å². The molecular formula is C17H20N4O3. The van der Waals surface area contributed by atoms with E-state index in [2.05, 4.69) is 20.2 Å². The fourth-order valence-corrected chi connectivity index (χ4v) is 2.49. The van der Waals surface area contributed by atoms with Crippen molar-refractivity contribution in [2.24, 2.45) is 0 Å². The molecule has 1 aliphatic heterocycles. The molecule has 2 aromatic rings. The SMILES string of the molecule is Cc1nc(N2CCOCC2)nc(C)c1NC(=O)C=Cc1ccco1. The van der Waals surface area contributed by atoms with Crippen LogP contribution in [-0.2, 0) is 9.53 Å². The van der Waals surface area contributed by atoms with Crippen molar-refractivity contribution in [2.75, 3.05) is 36.5 Å². The van der Waals surface area contributed by atoms with Gasteiger partial charge in [0.25, 0.3) is 0 Å². The second-order valence-corrected chi connectivity index (χ2v) is 5.51. The average molecular weight is 328 g/mol. The molecule has 7 heteroatoms. The van der Waals surface area contributed by atoms with Crippen LogP contribution in [0.5, 0.6) is 0 Å². The maximum Gasteiger partial charge on any atom is 0.248 e. The number of carbonyl (C=O) groups is 1. The third-order valence-electron chi connectivity index (χ3n) is 3.74. The quantitative estimate of drug-likeness (QED) is 0.867. The maximum atomic E-state index is 12.1. The van der Waals surface area contributed by atoms with Crippen LogP contribution in [0, 0.1) is 13.8 Å². The van der Waals surface area contributed by atoms with E-state index in [-0.39, 0.29) is 5.91 Å². The van der Waals surface area contributed by atoms with Gasteiger partial charge in [-0.05, 0) is 32.1 Å². The minimum absolute atomic E-state index is 0.250. The third-order valence-corrected chi connectivity index (χ3v) is 3.74. The van der Waals surface area contributed by atoms with Crippen molar-refractivity contribution in [3.8, 4) is 0 Å². The fraction of sp³-hybridized carbons (Fsp3) is 0.353. The summed E-state index contributed by atoms with van der Waals surface area (Å²) >= 11 is 0. The predicted molar refractivity (Wildman–Crippen MR) is 90.9 cm³/mol. The van der Waals surface area contributed by atoms with Gasteiger partial charge in [-0.25, -0.2) is 9.97 Å². The Hall–Kier alpha value is -2.67. The highest BCUT2D eigenvalue weighted by atomic mass is 16.5. The molecule has 0 saturated carbocycles. The Labute approximate surface area is 140 Å². The van der Waals surface area contributed by atoms with Crippen molar-refractivity contribution in [1.29, 1.82) is 0 Å². The molecule has 1 N–H and O–H groups in total. The minimum atomic E-state index is -0.250. The van der Waals surface area contributed by atoms with Gasteiger partial charge < -0.3 is 19.4 Å². The number of nitrogens with one attached hydrogen (secondary N) is 1. The molecule has 0 radical (unpaired) electrons. The summed E-state index contributed by atoms with van der Waals surface area (Å²) in [5, 5.41) is 2.84. The van der Waals surface area contributed by atoms with Crippen LogP contribution in [0.15, 0.2) is 28.9 Å². The topological polar surface area (TPSA) is 80.5 Å². The summed E-state index contributed by atoms with van der Waals surface area (Å²) in [7, 11) is 0. The van der Waals surface area contributed by atoms with E-state index in [0.717, 1.165) is 24.5 Å². The normalized spacial score (nSPS) is 15.0. The minimum Gasteiger partial charge on any atom is -0.465 e. The molecule has 2 aromatic heterocycles. The van der Waals surface area contributed by atoms with Crippen molar-refractivity contribution in [3.63, 3.8) is 0 Å². The molecule has 1 saturated heterocycles. The monoisotopic (exact) mass is 328 g/mol. The Kier molecular flexibility index (Phi) is 4.90. The highest BCUT2D eigenvalue weighted by Gasteiger charge is 2.17. The van der Waals surface area contributed by atoms with Crippen LogP contribution in [-0.4, -0.2) is 42.2 Å². The zero-order valence-electron chi connectivity index (χ0n) is 13.8. The number of morpholine rings is 1. The summed E-state index contributed by atoms with van der Waals surface area (Å²) in [5.74, 6) is 1.05. The van der Waals surface area contributed by atoms with E-state index in [1.165, 1.54) is 6.08 Å². The summed E-state index contributed by atoms with van der Waals surface area (Å²) in [6.07, 6.45) is 4.60. The molecule has 0 aliphatic carbocycles. The number of aryl methyl sites for hydroxylation is 2. The molecule has 1 amide bonds. The van der Waals surface area contributed by atoms with E-state index < -0.39 is 0 Å². The Balaban J connectivity index is 1.72. The molecule has 3 rings (SSSR count). The van der Waals surface area contributed by atoms with Crippen LogP contribution < -0.4 is 10.2 Å². The van der Waals surface area contributed by atoms with Gasteiger partial charge in [-0.2, -0.15) is 0 Å². The van der Waals surface area contributed by atoms with Crippen LogP contribution in [0.2, 0.25) is 0 Å². The van der Waals surface area contributed by atoms with Gasteiger partial charge >= 0.3 is 0 Å². The molecule has 0 bridgehead atoms. The Morgan fingerprint density at radius 3 is 2.58 bits per heavy atom. The van der Waals surface area contributed by atoms with Crippen molar-refractivity contribution in [3.05, 3.63) is 41.6 Å². The molecule has 126 valence electrons. The van der Waals surface area contributed by atoms with Gasteiger partial charge in [0.1, 0.15) is 5.76 Å². The lowest BCUT2D eigenvalue weighted by Gasteiger charge is -2.27. The van der Waals surface area contributed by atoms with E-state index in [1.54, 1.807) is 24.5 Å². The number of anilines is 2. The number of hydrogen-bond donors (Lipinski definition) is 1. The highest BCUT2D eigenvalue weighted by molar-refractivity contribution is 6.02. The third kappa shape index (κ3) is 3.80. The summed E-state index contributed by atoms with van der Waals surface area (Å²) < 4.78 is 10.5. The van der Waals surface area contributed by atoms with Crippen LogP contribution in [0.1, 0.15) is 17.1 Å². The molecule has 0 unspecified atom stereocenters. The first kappa shape index (κ1) is 16.2. The second kappa shape index (κ2) is 7.27.